The highest BCUT2D eigenvalue weighted by molar-refractivity contribution is 5.94. The van der Waals surface area contributed by atoms with Gasteiger partial charge in [0.15, 0.2) is 0 Å². The van der Waals surface area contributed by atoms with E-state index >= 15 is 0 Å². The van der Waals surface area contributed by atoms with Crippen molar-refractivity contribution in [3.05, 3.63) is 71.7 Å². The minimum atomic E-state index is -0.897. The molecule has 0 fully saturated rings. The molecule has 122 valence electrons. The van der Waals surface area contributed by atoms with Gasteiger partial charge in [0, 0.05) is 31.1 Å². The van der Waals surface area contributed by atoms with E-state index in [4.69, 9.17) is 0 Å². The van der Waals surface area contributed by atoms with Crippen LogP contribution in [0.3, 0.4) is 0 Å². The Morgan fingerprint density at radius 1 is 1.17 bits per heavy atom. The molecule has 24 heavy (non-hydrogen) atoms. The first-order chi connectivity index (χ1) is 11.5. The summed E-state index contributed by atoms with van der Waals surface area (Å²) >= 11 is 0. The van der Waals surface area contributed by atoms with Gasteiger partial charge in [-0.1, -0.05) is 0 Å². The van der Waals surface area contributed by atoms with Gasteiger partial charge in [0.05, 0.1) is 23.5 Å². The molecule has 0 saturated heterocycles. The van der Waals surface area contributed by atoms with Crippen molar-refractivity contribution in [2.45, 2.75) is 6.54 Å². The smallest absolute Gasteiger partial charge is 0.254 e. The number of nitrogens with zero attached hydrogens (tertiary/aromatic N) is 3. The van der Waals surface area contributed by atoms with Crippen molar-refractivity contribution in [2.75, 3.05) is 0 Å². The van der Waals surface area contributed by atoms with E-state index in [2.05, 4.69) is 15.4 Å². The van der Waals surface area contributed by atoms with E-state index in [9.17, 15) is 13.6 Å². The number of carbonyl (C=O) groups excluding carboxylic acids is 1. The molecule has 0 unspecified atom stereocenters. The van der Waals surface area contributed by atoms with Gasteiger partial charge in [-0.2, -0.15) is 5.10 Å². The average molecular weight is 328 g/mol. The van der Waals surface area contributed by atoms with E-state index in [1.165, 1.54) is 0 Å². The number of carbonyl (C=O) groups is 1. The van der Waals surface area contributed by atoms with E-state index in [0.29, 0.717) is 11.8 Å². The summed E-state index contributed by atoms with van der Waals surface area (Å²) < 4.78 is 28.2. The van der Waals surface area contributed by atoms with Crippen LogP contribution in [0.15, 0.2) is 48.8 Å². The predicted octanol–water partition coefficient (Wildman–Crippen LogP) is 2.69. The zero-order valence-corrected chi connectivity index (χ0v) is 12.8. The van der Waals surface area contributed by atoms with Crippen molar-refractivity contribution in [3.63, 3.8) is 0 Å². The Morgan fingerprint density at radius 3 is 2.62 bits per heavy atom. The molecule has 0 spiro atoms. The second kappa shape index (κ2) is 6.57. The van der Waals surface area contributed by atoms with Crippen LogP contribution in [0.25, 0.3) is 11.3 Å². The molecule has 0 aliphatic rings. The van der Waals surface area contributed by atoms with Crippen LogP contribution in [0, 0.1) is 11.6 Å². The normalized spacial score (nSPS) is 10.6. The van der Waals surface area contributed by atoms with E-state index in [-0.39, 0.29) is 12.1 Å². The fourth-order valence-electron chi connectivity index (χ4n) is 2.35. The first kappa shape index (κ1) is 15.8. The van der Waals surface area contributed by atoms with Crippen LogP contribution < -0.4 is 5.32 Å². The van der Waals surface area contributed by atoms with Gasteiger partial charge in [-0.05, 0) is 30.3 Å². The first-order valence-electron chi connectivity index (χ1n) is 7.21. The van der Waals surface area contributed by atoms with Gasteiger partial charge in [0.2, 0.25) is 0 Å². The molecule has 5 nitrogen and oxygen atoms in total. The third kappa shape index (κ3) is 3.29. The second-order valence-corrected chi connectivity index (χ2v) is 5.19. The van der Waals surface area contributed by atoms with Crippen LogP contribution in [-0.2, 0) is 13.6 Å². The summed E-state index contributed by atoms with van der Waals surface area (Å²) in [5.41, 5.74) is 2.23. The van der Waals surface area contributed by atoms with Crippen molar-refractivity contribution in [3.8, 4) is 11.3 Å². The topological polar surface area (TPSA) is 59.8 Å². The molecule has 3 rings (SSSR count). The van der Waals surface area contributed by atoms with Crippen LogP contribution in [0.1, 0.15) is 16.1 Å². The lowest BCUT2D eigenvalue weighted by atomic mass is 10.2. The van der Waals surface area contributed by atoms with Crippen LogP contribution in [0.5, 0.6) is 0 Å². The molecule has 2 aromatic heterocycles. The number of hydrogen-bond donors (Lipinski definition) is 1. The Bertz CT molecular complexity index is 878. The Labute approximate surface area is 137 Å². The highest BCUT2D eigenvalue weighted by Gasteiger charge is 2.13. The molecule has 0 saturated carbocycles. The van der Waals surface area contributed by atoms with Crippen LogP contribution >= 0.6 is 0 Å². The SMILES string of the molecule is Cn1nc(CNC(=O)c2ccc(F)cc2F)cc1-c1ccncc1. The van der Waals surface area contributed by atoms with Gasteiger partial charge in [0.25, 0.3) is 5.91 Å². The summed E-state index contributed by atoms with van der Waals surface area (Å²) in [6, 6.07) is 8.37. The minimum absolute atomic E-state index is 0.134. The largest absolute Gasteiger partial charge is 0.346 e. The highest BCUT2D eigenvalue weighted by atomic mass is 19.1. The molecule has 2 heterocycles. The highest BCUT2D eigenvalue weighted by Crippen LogP contribution is 2.18. The maximum Gasteiger partial charge on any atom is 0.254 e. The number of benzene rings is 1. The summed E-state index contributed by atoms with van der Waals surface area (Å²) in [7, 11) is 1.79. The molecule has 0 aliphatic carbocycles. The fourth-order valence-corrected chi connectivity index (χ4v) is 2.35. The second-order valence-electron chi connectivity index (χ2n) is 5.19. The summed E-state index contributed by atoms with van der Waals surface area (Å²) in [5.74, 6) is -2.25. The number of pyridine rings is 1. The molecular formula is C17H14F2N4O. The molecular weight excluding hydrogens is 314 g/mol. The van der Waals surface area contributed by atoms with Crippen LogP contribution in [0.2, 0.25) is 0 Å². The third-order valence-corrected chi connectivity index (χ3v) is 3.51. The van der Waals surface area contributed by atoms with Crippen molar-refractivity contribution in [1.29, 1.82) is 0 Å². The first-order valence-corrected chi connectivity index (χ1v) is 7.21. The number of aryl methyl sites for hydroxylation is 1. The Balaban J connectivity index is 1.72. The molecule has 0 radical (unpaired) electrons. The van der Waals surface area contributed by atoms with Gasteiger partial charge in [-0.25, -0.2) is 8.78 Å². The molecule has 1 amide bonds. The Kier molecular flexibility index (Phi) is 4.33. The standard InChI is InChI=1S/C17H14F2N4O/c1-23-16(11-4-6-20-7-5-11)9-13(22-23)10-21-17(24)14-3-2-12(18)8-15(14)19/h2-9H,10H2,1H3,(H,21,24). The number of rotatable bonds is 4. The van der Waals surface area contributed by atoms with E-state index in [1.54, 1.807) is 24.1 Å². The fraction of sp³-hybridized carbons (Fsp3) is 0.118. The number of hydrogen-bond acceptors (Lipinski definition) is 3. The molecule has 1 N–H and O–H groups in total. The summed E-state index contributed by atoms with van der Waals surface area (Å²) in [4.78, 5) is 16.0. The quantitative estimate of drug-likeness (QED) is 0.801. The molecule has 1 aromatic carbocycles. The number of halogens is 2. The number of aromatic nitrogens is 3. The van der Waals surface area contributed by atoms with E-state index in [1.807, 2.05) is 18.2 Å². The lowest BCUT2D eigenvalue weighted by Gasteiger charge is -2.04. The maximum atomic E-state index is 13.6. The molecule has 0 aliphatic heterocycles. The van der Waals surface area contributed by atoms with Crippen molar-refractivity contribution >= 4 is 5.91 Å². The lowest BCUT2D eigenvalue weighted by Crippen LogP contribution is -2.24. The number of amides is 1. The van der Waals surface area contributed by atoms with Crippen LogP contribution in [0.4, 0.5) is 8.78 Å². The monoisotopic (exact) mass is 328 g/mol. The van der Waals surface area contributed by atoms with E-state index < -0.39 is 17.5 Å². The van der Waals surface area contributed by atoms with E-state index in [0.717, 1.165) is 23.4 Å². The lowest BCUT2D eigenvalue weighted by molar-refractivity contribution is 0.0946. The van der Waals surface area contributed by atoms with Gasteiger partial charge in [0.1, 0.15) is 11.6 Å². The predicted molar refractivity (Wildman–Crippen MR) is 84.0 cm³/mol. The average Bonchev–Trinajstić information content (AvgIpc) is 2.94. The third-order valence-electron chi connectivity index (χ3n) is 3.51. The molecule has 0 bridgehead atoms. The van der Waals surface area contributed by atoms with Crippen molar-refractivity contribution < 1.29 is 13.6 Å². The van der Waals surface area contributed by atoms with Gasteiger partial charge < -0.3 is 5.32 Å². The van der Waals surface area contributed by atoms with Crippen molar-refractivity contribution in [1.82, 2.24) is 20.1 Å². The molecule has 0 atom stereocenters. The summed E-state index contributed by atoms with van der Waals surface area (Å²) in [5, 5.41) is 6.89. The maximum absolute atomic E-state index is 13.6. The van der Waals surface area contributed by atoms with Gasteiger partial charge >= 0.3 is 0 Å². The minimum Gasteiger partial charge on any atom is -0.346 e. The zero-order valence-electron chi connectivity index (χ0n) is 12.8. The van der Waals surface area contributed by atoms with Gasteiger partial charge in [-0.3, -0.25) is 14.5 Å². The summed E-state index contributed by atoms with van der Waals surface area (Å²) in [6.07, 6.45) is 3.36. The Hall–Kier alpha value is -3.09. The summed E-state index contributed by atoms with van der Waals surface area (Å²) in [6.45, 7) is 0.134. The van der Waals surface area contributed by atoms with Gasteiger partial charge in [-0.15, -0.1) is 0 Å². The molecule has 3 aromatic rings. The zero-order chi connectivity index (χ0) is 17.1. The number of nitrogens with one attached hydrogen (secondary N) is 1. The molecule has 7 heteroatoms. The Morgan fingerprint density at radius 2 is 1.92 bits per heavy atom. The van der Waals surface area contributed by atoms with Crippen LogP contribution in [-0.4, -0.2) is 20.7 Å². The van der Waals surface area contributed by atoms with Crippen molar-refractivity contribution in [2.24, 2.45) is 7.05 Å².